The van der Waals surface area contributed by atoms with Gasteiger partial charge in [-0.2, -0.15) is 5.26 Å². The number of anilines is 1. The maximum atomic E-state index is 11.8. The molecule has 110 valence electrons. The molecule has 6 nitrogen and oxygen atoms in total. The van der Waals surface area contributed by atoms with Gasteiger partial charge in [0.2, 0.25) is 0 Å². The number of hydrogen-bond acceptors (Lipinski definition) is 4. The fraction of sp³-hybridized carbons (Fsp3) is 0.214. The van der Waals surface area contributed by atoms with Crippen LogP contribution in [0, 0.1) is 11.3 Å². The van der Waals surface area contributed by atoms with E-state index in [0.717, 1.165) is 0 Å². The maximum Gasteiger partial charge on any atom is 0.303 e. The van der Waals surface area contributed by atoms with Crippen LogP contribution in [0.1, 0.15) is 12.8 Å². The molecular formula is C14H14ClN3O3. The van der Waals surface area contributed by atoms with Crippen LogP contribution < -0.4 is 10.6 Å². The van der Waals surface area contributed by atoms with Gasteiger partial charge in [0.15, 0.2) is 0 Å². The van der Waals surface area contributed by atoms with E-state index in [1.165, 1.54) is 6.20 Å². The number of rotatable bonds is 7. The summed E-state index contributed by atoms with van der Waals surface area (Å²) in [4.78, 5) is 22.2. The van der Waals surface area contributed by atoms with E-state index in [9.17, 15) is 9.59 Å². The normalized spacial score (nSPS) is 10.6. The van der Waals surface area contributed by atoms with Crippen molar-refractivity contribution in [2.24, 2.45) is 0 Å². The van der Waals surface area contributed by atoms with Crippen molar-refractivity contribution in [1.82, 2.24) is 5.32 Å². The van der Waals surface area contributed by atoms with Crippen LogP contribution in [-0.4, -0.2) is 23.5 Å². The Morgan fingerprint density at radius 2 is 2.19 bits per heavy atom. The highest BCUT2D eigenvalue weighted by molar-refractivity contribution is 6.31. The van der Waals surface area contributed by atoms with Gasteiger partial charge < -0.3 is 15.7 Å². The summed E-state index contributed by atoms with van der Waals surface area (Å²) in [6, 6.07) is 8.34. The minimum Gasteiger partial charge on any atom is -0.481 e. The number of benzene rings is 1. The first-order valence-electron chi connectivity index (χ1n) is 6.15. The van der Waals surface area contributed by atoms with Crippen LogP contribution in [0.5, 0.6) is 0 Å². The third-order valence-corrected chi connectivity index (χ3v) is 2.64. The number of carboxylic acid groups (broad SMARTS) is 1. The van der Waals surface area contributed by atoms with Crippen molar-refractivity contribution < 1.29 is 14.7 Å². The molecule has 0 aliphatic carbocycles. The van der Waals surface area contributed by atoms with Gasteiger partial charge in [0.05, 0.1) is 0 Å². The highest BCUT2D eigenvalue weighted by atomic mass is 35.5. The van der Waals surface area contributed by atoms with Gasteiger partial charge in [-0.05, 0) is 24.6 Å². The average Bonchev–Trinajstić information content (AvgIpc) is 2.42. The molecule has 1 rings (SSSR count). The lowest BCUT2D eigenvalue weighted by atomic mass is 10.2. The summed E-state index contributed by atoms with van der Waals surface area (Å²) < 4.78 is 0. The average molecular weight is 308 g/mol. The fourth-order valence-electron chi connectivity index (χ4n) is 1.43. The molecule has 1 aromatic rings. The van der Waals surface area contributed by atoms with Crippen LogP contribution in [0.4, 0.5) is 5.69 Å². The van der Waals surface area contributed by atoms with E-state index >= 15 is 0 Å². The van der Waals surface area contributed by atoms with E-state index in [1.807, 2.05) is 0 Å². The first-order chi connectivity index (χ1) is 10.0. The number of carbonyl (C=O) groups excluding carboxylic acids is 1. The fourth-order valence-corrected chi connectivity index (χ4v) is 1.62. The van der Waals surface area contributed by atoms with Gasteiger partial charge in [-0.25, -0.2) is 0 Å². The molecule has 0 bridgehead atoms. The van der Waals surface area contributed by atoms with Gasteiger partial charge in [0.25, 0.3) is 5.91 Å². The van der Waals surface area contributed by atoms with E-state index < -0.39 is 11.9 Å². The quantitative estimate of drug-likeness (QED) is 0.407. The van der Waals surface area contributed by atoms with Gasteiger partial charge in [-0.15, -0.1) is 0 Å². The van der Waals surface area contributed by atoms with Gasteiger partial charge in [-0.3, -0.25) is 9.59 Å². The van der Waals surface area contributed by atoms with Crippen LogP contribution in [0.3, 0.4) is 0 Å². The van der Waals surface area contributed by atoms with Crippen molar-refractivity contribution in [3.63, 3.8) is 0 Å². The molecule has 1 amide bonds. The van der Waals surface area contributed by atoms with Crippen molar-refractivity contribution in [1.29, 1.82) is 5.26 Å². The number of carboxylic acids is 1. The monoisotopic (exact) mass is 307 g/mol. The van der Waals surface area contributed by atoms with Crippen LogP contribution in [0.2, 0.25) is 5.02 Å². The van der Waals surface area contributed by atoms with E-state index in [1.54, 1.807) is 30.3 Å². The topological polar surface area (TPSA) is 102 Å². The lowest BCUT2D eigenvalue weighted by Gasteiger charge is -2.05. The molecule has 0 aliphatic rings. The molecule has 0 saturated carbocycles. The van der Waals surface area contributed by atoms with E-state index in [4.69, 9.17) is 22.0 Å². The third kappa shape index (κ3) is 6.45. The minimum absolute atomic E-state index is 0.0252. The molecule has 3 N–H and O–H groups in total. The van der Waals surface area contributed by atoms with Crippen molar-refractivity contribution in [2.75, 3.05) is 11.9 Å². The molecular weight excluding hydrogens is 294 g/mol. The molecule has 0 spiro atoms. The Morgan fingerprint density at radius 1 is 1.43 bits per heavy atom. The third-order valence-electron chi connectivity index (χ3n) is 2.41. The summed E-state index contributed by atoms with van der Waals surface area (Å²) in [7, 11) is 0. The van der Waals surface area contributed by atoms with Gasteiger partial charge in [0, 0.05) is 29.9 Å². The Labute approximate surface area is 127 Å². The summed E-state index contributed by atoms with van der Waals surface area (Å²) in [5, 5.41) is 23.2. The Kier molecular flexibility index (Phi) is 6.78. The molecule has 0 saturated heterocycles. The van der Waals surface area contributed by atoms with Crippen molar-refractivity contribution >= 4 is 29.2 Å². The van der Waals surface area contributed by atoms with Gasteiger partial charge in [0.1, 0.15) is 11.6 Å². The Bertz CT molecular complexity index is 593. The molecule has 0 fully saturated rings. The largest absolute Gasteiger partial charge is 0.481 e. The standard InChI is InChI=1S/C14H14ClN3O3/c15-11-3-1-4-12(7-11)18-14(21)10(8-16)9-17-6-2-5-13(19)20/h1,3-4,7,9,17H,2,5-6H2,(H,18,21)(H,19,20)/b10-9-. The number of hydrogen-bond donors (Lipinski definition) is 3. The maximum absolute atomic E-state index is 11.8. The Balaban J connectivity index is 2.53. The number of nitriles is 1. The Morgan fingerprint density at radius 3 is 2.81 bits per heavy atom. The van der Waals surface area contributed by atoms with Crippen molar-refractivity contribution in [3.8, 4) is 6.07 Å². The van der Waals surface area contributed by atoms with Crippen LogP contribution in [0.15, 0.2) is 36.0 Å². The number of nitrogens with one attached hydrogen (secondary N) is 2. The molecule has 0 aromatic heterocycles. The second-order valence-electron chi connectivity index (χ2n) is 4.09. The zero-order chi connectivity index (χ0) is 15.7. The minimum atomic E-state index is -0.889. The summed E-state index contributed by atoms with van der Waals surface area (Å²) in [6.07, 6.45) is 1.69. The summed E-state index contributed by atoms with van der Waals surface area (Å²) in [5.74, 6) is -1.45. The van der Waals surface area contributed by atoms with Crippen LogP contribution >= 0.6 is 11.6 Å². The lowest BCUT2D eigenvalue weighted by Crippen LogP contribution is -2.17. The lowest BCUT2D eigenvalue weighted by molar-refractivity contribution is -0.137. The molecule has 7 heteroatoms. The zero-order valence-electron chi connectivity index (χ0n) is 11.1. The van der Waals surface area contributed by atoms with Crippen molar-refractivity contribution in [2.45, 2.75) is 12.8 Å². The zero-order valence-corrected chi connectivity index (χ0v) is 11.9. The second kappa shape index (κ2) is 8.61. The molecule has 0 atom stereocenters. The highest BCUT2D eigenvalue weighted by Crippen LogP contribution is 2.15. The van der Waals surface area contributed by atoms with E-state index in [2.05, 4.69) is 10.6 Å². The number of aliphatic carboxylic acids is 1. The predicted octanol–water partition coefficient (Wildman–Crippen LogP) is 2.14. The van der Waals surface area contributed by atoms with E-state index in [0.29, 0.717) is 23.7 Å². The second-order valence-corrected chi connectivity index (χ2v) is 4.52. The first-order valence-corrected chi connectivity index (χ1v) is 6.53. The predicted molar refractivity (Wildman–Crippen MR) is 78.7 cm³/mol. The van der Waals surface area contributed by atoms with E-state index in [-0.39, 0.29) is 12.0 Å². The molecule has 0 heterocycles. The molecule has 1 aromatic carbocycles. The summed E-state index contributed by atoms with van der Waals surface area (Å²) in [6.45, 7) is 0.363. The van der Waals surface area contributed by atoms with Gasteiger partial charge in [-0.1, -0.05) is 17.7 Å². The molecule has 0 aliphatic heterocycles. The van der Waals surface area contributed by atoms with Crippen molar-refractivity contribution in [3.05, 3.63) is 41.1 Å². The van der Waals surface area contributed by atoms with Crippen LogP contribution in [0.25, 0.3) is 0 Å². The summed E-state index contributed by atoms with van der Waals surface area (Å²) >= 11 is 5.79. The highest BCUT2D eigenvalue weighted by Gasteiger charge is 2.09. The molecule has 0 unspecified atom stereocenters. The van der Waals surface area contributed by atoms with Gasteiger partial charge >= 0.3 is 5.97 Å². The first kappa shape index (κ1) is 16.5. The number of nitrogens with zero attached hydrogens (tertiary/aromatic N) is 1. The molecule has 0 radical (unpaired) electrons. The number of halogens is 1. The number of carbonyl (C=O) groups is 2. The number of amides is 1. The van der Waals surface area contributed by atoms with Crippen LogP contribution in [-0.2, 0) is 9.59 Å². The smallest absolute Gasteiger partial charge is 0.303 e. The Hall–Kier alpha value is -2.52. The summed E-state index contributed by atoms with van der Waals surface area (Å²) in [5.41, 5.74) is 0.379. The molecule has 21 heavy (non-hydrogen) atoms. The SMILES string of the molecule is N#C/C(=C/NCCCC(=O)O)C(=O)Nc1cccc(Cl)c1.